The van der Waals surface area contributed by atoms with Crippen molar-refractivity contribution in [2.24, 2.45) is 0 Å². The third-order valence-corrected chi connectivity index (χ3v) is 4.26. The molecular weight excluding hydrogens is 336 g/mol. The van der Waals surface area contributed by atoms with Gasteiger partial charge >= 0.3 is 11.3 Å². The third-order valence-electron chi connectivity index (χ3n) is 3.65. The number of carbonyl (C=O) groups is 1. The molecule has 0 heterocycles. The smallest absolute Gasteiger partial charge is 0.306 e. The molecule has 2 N–H and O–H groups in total. The van der Waals surface area contributed by atoms with Crippen LogP contribution in [-0.2, 0) is 22.5 Å². The van der Waals surface area contributed by atoms with Crippen molar-refractivity contribution >= 4 is 27.9 Å². The first-order valence-corrected chi connectivity index (χ1v) is 8.86. The number of hydrogen-bond donors (Lipinski definition) is 2. The van der Waals surface area contributed by atoms with E-state index in [4.69, 9.17) is 4.18 Å². The van der Waals surface area contributed by atoms with Gasteiger partial charge in [0.2, 0.25) is 5.91 Å². The number of amides is 1. The summed E-state index contributed by atoms with van der Waals surface area (Å²) in [5.41, 5.74) is 4.35. The highest BCUT2D eigenvalue weighted by Crippen LogP contribution is 2.16. The molecule has 0 aliphatic heterocycles. The van der Waals surface area contributed by atoms with Crippen LogP contribution in [0.4, 0.5) is 0 Å². The van der Waals surface area contributed by atoms with Crippen LogP contribution in [0, 0.1) is 6.92 Å². The molecule has 1 unspecified atom stereocenters. The fraction of sp³-hybridized carbons (Fsp3) is 0.105. The minimum atomic E-state index is -1.86. The molecule has 25 heavy (non-hydrogen) atoms. The maximum absolute atomic E-state index is 12.0. The Hall–Kier alpha value is -2.70. The van der Waals surface area contributed by atoms with Crippen molar-refractivity contribution in [3.8, 4) is 5.75 Å². The van der Waals surface area contributed by atoms with Crippen LogP contribution in [0.1, 0.15) is 11.1 Å². The monoisotopic (exact) mass is 354 g/mol. The van der Waals surface area contributed by atoms with Crippen molar-refractivity contribution in [2.75, 3.05) is 0 Å². The standard InChI is InChI=1S/C19H18N2O3S/c1-14-6-10-18(11-7-14)24-25(23)21-20-19(22)13-15-8-9-16-4-2-3-5-17(16)12-15/h2-12,21H,13H2,1H3,(H,20,22). The molecule has 0 saturated carbocycles. The molecular formula is C19H18N2O3S. The van der Waals surface area contributed by atoms with Crippen LogP contribution in [0.3, 0.4) is 0 Å². The number of benzene rings is 3. The Labute approximate surface area is 148 Å². The van der Waals surface area contributed by atoms with Gasteiger partial charge in [-0.05, 0) is 35.4 Å². The summed E-state index contributed by atoms with van der Waals surface area (Å²) in [4.78, 5) is 14.3. The van der Waals surface area contributed by atoms with E-state index in [1.807, 2.05) is 61.5 Å². The molecule has 1 atom stereocenters. The average molecular weight is 354 g/mol. The number of fused-ring (bicyclic) bond motifs is 1. The maximum atomic E-state index is 12.0. The summed E-state index contributed by atoms with van der Waals surface area (Å²) in [5.74, 6) is 0.163. The Morgan fingerprint density at radius 1 is 1.00 bits per heavy atom. The molecule has 5 nitrogen and oxygen atoms in total. The Morgan fingerprint density at radius 2 is 1.72 bits per heavy atom. The fourth-order valence-corrected chi connectivity index (χ4v) is 2.90. The molecule has 6 heteroatoms. The Kier molecular flexibility index (Phi) is 5.42. The van der Waals surface area contributed by atoms with Gasteiger partial charge in [-0.25, -0.2) is 0 Å². The first-order chi connectivity index (χ1) is 12.1. The second kappa shape index (κ2) is 7.92. The summed E-state index contributed by atoms with van der Waals surface area (Å²) in [6, 6.07) is 20.9. The lowest BCUT2D eigenvalue weighted by molar-refractivity contribution is -0.120. The molecule has 0 bridgehead atoms. The van der Waals surface area contributed by atoms with Gasteiger partial charge in [-0.2, -0.15) is 4.21 Å². The zero-order valence-corrected chi connectivity index (χ0v) is 14.5. The largest absolute Gasteiger partial charge is 0.388 e. The van der Waals surface area contributed by atoms with Crippen molar-refractivity contribution in [2.45, 2.75) is 13.3 Å². The summed E-state index contributed by atoms with van der Waals surface area (Å²) in [5, 5.41) is 2.20. The van der Waals surface area contributed by atoms with Crippen molar-refractivity contribution < 1.29 is 13.2 Å². The lowest BCUT2D eigenvalue weighted by atomic mass is 10.1. The van der Waals surface area contributed by atoms with Gasteiger partial charge in [-0.15, -0.1) is 4.83 Å². The Bertz CT molecular complexity index is 910. The second-order valence-electron chi connectivity index (χ2n) is 5.64. The van der Waals surface area contributed by atoms with E-state index in [1.54, 1.807) is 12.1 Å². The molecule has 3 aromatic carbocycles. The molecule has 3 rings (SSSR count). The number of hydrogen-bond acceptors (Lipinski definition) is 3. The SMILES string of the molecule is Cc1ccc(OS(=O)NNC(=O)Cc2ccc3ccccc3c2)cc1. The summed E-state index contributed by atoms with van der Waals surface area (Å²) in [6.45, 7) is 1.95. The van der Waals surface area contributed by atoms with Gasteiger partial charge in [-0.3, -0.25) is 10.2 Å². The zero-order chi connectivity index (χ0) is 17.6. The van der Waals surface area contributed by atoms with Gasteiger partial charge in [-0.1, -0.05) is 60.2 Å². The molecule has 0 saturated heterocycles. The van der Waals surface area contributed by atoms with E-state index in [-0.39, 0.29) is 12.3 Å². The van der Waals surface area contributed by atoms with Crippen LogP contribution in [0.2, 0.25) is 0 Å². The highest BCUT2D eigenvalue weighted by Gasteiger charge is 2.07. The second-order valence-corrected chi connectivity index (χ2v) is 6.48. The maximum Gasteiger partial charge on any atom is 0.306 e. The first kappa shape index (κ1) is 17.1. The minimum Gasteiger partial charge on any atom is -0.388 e. The van der Waals surface area contributed by atoms with Gasteiger partial charge < -0.3 is 4.18 Å². The highest BCUT2D eigenvalue weighted by molar-refractivity contribution is 7.78. The number of rotatable bonds is 6. The van der Waals surface area contributed by atoms with Crippen molar-refractivity contribution in [3.05, 3.63) is 77.9 Å². The minimum absolute atomic E-state index is 0.180. The van der Waals surface area contributed by atoms with Crippen LogP contribution in [0.5, 0.6) is 5.75 Å². The van der Waals surface area contributed by atoms with Gasteiger partial charge in [0.25, 0.3) is 0 Å². The third kappa shape index (κ3) is 4.89. The highest BCUT2D eigenvalue weighted by atomic mass is 32.2. The van der Waals surface area contributed by atoms with Crippen LogP contribution >= 0.6 is 0 Å². The van der Waals surface area contributed by atoms with Crippen LogP contribution in [-0.4, -0.2) is 10.1 Å². The molecule has 128 valence electrons. The number of carbonyl (C=O) groups excluding carboxylic acids is 1. The quantitative estimate of drug-likeness (QED) is 0.669. The molecule has 0 aliphatic rings. The van der Waals surface area contributed by atoms with E-state index in [9.17, 15) is 9.00 Å². The summed E-state index contributed by atoms with van der Waals surface area (Å²) >= 11 is -1.86. The van der Waals surface area contributed by atoms with Crippen molar-refractivity contribution in [3.63, 3.8) is 0 Å². The van der Waals surface area contributed by atoms with E-state index >= 15 is 0 Å². The lowest BCUT2D eigenvalue weighted by Crippen LogP contribution is -2.41. The van der Waals surface area contributed by atoms with Gasteiger partial charge in [0.05, 0.1) is 6.42 Å². The Morgan fingerprint density at radius 3 is 2.48 bits per heavy atom. The summed E-state index contributed by atoms with van der Waals surface area (Å²) in [7, 11) is 0. The number of hydrazine groups is 1. The average Bonchev–Trinajstić information content (AvgIpc) is 2.62. The van der Waals surface area contributed by atoms with Crippen molar-refractivity contribution in [1.82, 2.24) is 10.3 Å². The predicted octanol–water partition coefficient (Wildman–Crippen LogP) is 2.97. The van der Waals surface area contributed by atoms with Crippen LogP contribution in [0.25, 0.3) is 10.8 Å². The zero-order valence-electron chi connectivity index (χ0n) is 13.7. The van der Waals surface area contributed by atoms with Crippen LogP contribution < -0.4 is 14.4 Å². The molecule has 0 radical (unpaired) electrons. The van der Waals surface area contributed by atoms with Gasteiger partial charge in [0.15, 0.2) is 0 Å². The molecule has 0 aliphatic carbocycles. The predicted molar refractivity (Wildman–Crippen MR) is 98.9 cm³/mol. The van der Waals surface area contributed by atoms with E-state index in [1.165, 1.54) is 0 Å². The van der Waals surface area contributed by atoms with Gasteiger partial charge in [0.1, 0.15) is 5.75 Å². The first-order valence-electron chi connectivity index (χ1n) is 7.79. The summed E-state index contributed by atoms with van der Waals surface area (Å²) < 4.78 is 17.0. The normalized spacial score (nSPS) is 11.9. The Balaban J connectivity index is 1.51. The number of aryl methyl sites for hydroxylation is 1. The molecule has 3 aromatic rings. The molecule has 0 aromatic heterocycles. The number of nitrogens with one attached hydrogen (secondary N) is 2. The molecule has 0 fully saturated rings. The lowest BCUT2D eigenvalue weighted by Gasteiger charge is -2.08. The topological polar surface area (TPSA) is 67.4 Å². The van der Waals surface area contributed by atoms with E-state index < -0.39 is 11.3 Å². The van der Waals surface area contributed by atoms with E-state index in [2.05, 4.69) is 10.3 Å². The fourth-order valence-electron chi connectivity index (χ4n) is 2.38. The van der Waals surface area contributed by atoms with Crippen molar-refractivity contribution in [1.29, 1.82) is 0 Å². The van der Waals surface area contributed by atoms with E-state index in [0.29, 0.717) is 5.75 Å². The summed E-state index contributed by atoms with van der Waals surface area (Å²) in [6.07, 6.45) is 0.180. The molecule has 0 spiro atoms. The van der Waals surface area contributed by atoms with Gasteiger partial charge in [0, 0.05) is 0 Å². The molecule has 1 amide bonds. The van der Waals surface area contributed by atoms with E-state index in [0.717, 1.165) is 21.9 Å². The van der Waals surface area contributed by atoms with Crippen LogP contribution in [0.15, 0.2) is 66.7 Å².